The molecular formula is C13H19NO4S. The number of hydrogen-bond acceptors (Lipinski definition) is 5. The van der Waals surface area contributed by atoms with Gasteiger partial charge in [-0.05, 0) is 30.4 Å². The van der Waals surface area contributed by atoms with Crippen LogP contribution in [0.2, 0.25) is 0 Å². The minimum absolute atomic E-state index is 0.0457. The number of nitrogens with two attached hydrogens (primary N) is 1. The number of methoxy groups -OCH3 is 2. The second-order valence-electron chi connectivity index (χ2n) is 4.00. The molecule has 0 fully saturated rings. The zero-order valence-corrected chi connectivity index (χ0v) is 12.1. The van der Waals surface area contributed by atoms with Crippen molar-refractivity contribution >= 4 is 17.7 Å². The van der Waals surface area contributed by atoms with Crippen LogP contribution in [0.1, 0.15) is 24.4 Å². The first-order valence-electron chi connectivity index (χ1n) is 5.80. The highest BCUT2D eigenvalue weighted by Gasteiger charge is 2.16. The Morgan fingerprint density at radius 2 is 2.11 bits per heavy atom. The summed E-state index contributed by atoms with van der Waals surface area (Å²) < 4.78 is 10.6. The van der Waals surface area contributed by atoms with E-state index in [0.717, 1.165) is 10.5 Å². The van der Waals surface area contributed by atoms with Crippen molar-refractivity contribution in [3.63, 3.8) is 0 Å². The second-order valence-corrected chi connectivity index (χ2v) is 4.85. The minimum atomic E-state index is -0.846. The molecule has 3 N–H and O–H groups in total. The SMILES string of the molecule is COc1cc(C(N)CCC(=O)O)cc(SC)c1OC. The summed E-state index contributed by atoms with van der Waals surface area (Å²) in [6, 6.07) is 3.38. The fraction of sp³-hybridized carbons (Fsp3) is 0.462. The Kier molecular flexibility index (Phi) is 5.98. The molecule has 106 valence electrons. The summed E-state index contributed by atoms with van der Waals surface area (Å²) in [7, 11) is 3.15. The highest BCUT2D eigenvalue weighted by Crippen LogP contribution is 2.39. The van der Waals surface area contributed by atoms with Crippen LogP contribution in [0.4, 0.5) is 0 Å². The predicted molar refractivity (Wildman–Crippen MR) is 75.1 cm³/mol. The van der Waals surface area contributed by atoms with Gasteiger partial charge in [-0.1, -0.05) is 0 Å². The summed E-state index contributed by atoms with van der Waals surface area (Å²) in [6.45, 7) is 0. The van der Waals surface area contributed by atoms with Crippen LogP contribution >= 0.6 is 11.8 Å². The molecule has 0 amide bonds. The molecule has 1 rings (SSSR count). The highest BCUT2D eigenvalue weighted by molar-refractivity contribution is 7.98. The fourth-order valence-electron chi connectivity index (χ4n) is 1.76. The van der Waals surface area contributed by atoms with Crippen LogP contribution in [0.3, 0.4) is 0 Å². The Hall–Kier alpha value is -1.40. The molecule has 0 heterocycles. The lowest BCUT2D eigenvalue weighted by molar-refractivity contribution is -0.137. The smallest absolute Gasteiger partial charge is 0.303 e. The first kappa shape index (κ1) is 15.7. The standard InChI is InChI=1S/C13H19NO4S/c1-17-10-6-8(9(14)4-5-12(15)16)7-11(19-3)13(10)18-2/h6-7,9H,4-5,14H2,1-3H3,(H,15,16). The molecule has 0 aliphatic rings. The number of carboxylic acid groups (broad SMARTS) is 1. The van der Waals surface area contributed by atoms with Crippen LogP contribution in [-0.2, 0) is 4.79 Å². The minimum Gasteiger partial charge on any atom is -0.493 e. The van der Waals surface area contributed by atoms with E-state index >= 15 is 0 Å². The van der Waals surface area contributed by atoms with E-state index in [1.807, 2.05) is 12.3 Å². The largest absolute Gasteiger partial charge is 0.493 e. The molecule has 0 bridgehead atoms. The number of ether oxygens (including phenoxy) is 2. The summed E-state index contributed by atoms with van der Waals surface area (Å²) in [5.74, 6) is 0.431. The molecule has 0 saturated heterocycles. The van der Waals surface area contributed by atoms with Gasteiger partial charge in [0.25, 0.3) is 0 Å². The summed E-state index contributed by atoms with van der Waals surface area (Å²) >= 11 is 1.53. The molecular weight excluding hydrogens is 266 g/mol. The van der Waals surface area contributed by atoms with E-state index in [9.17, 15) is 4.79 Å². The molecule has 1 atom stereocenters. The third kappa shape index (κ3) is 4.04. The van der Waals surface area contributed by atoms with E-state index in [2.05, 4.69) is 0 Å². The average molecular weight is 285 g/mol. The Morgan fingerprint density at radius 3 is 2.58 bits per heavy atom. The molecule has 1 unspecified atom stereocenters. The van der Waals surface area contributed by atoms with Gasteiger partial charge in [0, 0.05) is 12.5 Å². The Labute approximate surface area is 117 Å². The molecule has 0 aliphatic heterocycles. The summed E-state index contributed by atoms with van der Waals surface area (Å²) in [5, 5.41) is 8.69. The number of rotatable bonds is 7. The Balaban J connectivity index is 3.04. The third-order valence-corrected chi connectivity index (χ3v) is 3.53. The molecule has 1 aromatic carbocycles. The van der Waals surface area contributed by atoms with Gasteiger partial charge in [0.1, 0.15) is 0 Å². The normalized spacial score (nSPS) is 12.0. The van der Waals surface area contributed by atoms with Gasteiger partial charge >= 0.3 is 5.97 Å². The number of benzene rings is 1. The maximum atomic E-state index is 10.6. The van der Waals surface area contributed by atoms with Crippen molar-refractivity contribution in [1.29, 1.82) is 0 Å². The van der Waals surface area contributed by atoms with Crippen molar-refractivity contribution in [3.05, 3.63) is 17.7 Å². The second kappa shape index (κ2) is 7.25. The Morgan fingerprint density at radius 1 is 1.42 bits per heavy atom. The average Bonchev–Trinajstić information content (AvgIpc) is 2.42. The van der Waals surface area contributed by atoms with Crippen LogP contribution in [0, 0.1) is 0 Å². The van der Waals surface area contributed by atoms with Crippen LogP contribution < -0.4 is 15.2 Å². The van der Waals surface area contributed by atoms with Crippen LogP contribution in [-0.4, -0.2) is 31.6 Å². The highest BCUT2D eigenvalue weighted by atomic mass is 32.2. The van der Waals surface area contributed by atoms with Crippen LogP contribution in [0.5, 0.6) is 11.5 Å². The van der Waals surface area contributed by atoms with Crippen molar-refractivity contribution in [2.24, 2.45) is 5.73 Å². The fourth-order valence-corrected chi connectivity index (χ4v) is 2.38. The monoisotopic (exact) mass is 285 g/mol. The van der Waals surface area contributed by atoms with E-state index in [1.54, 1.807) is 20.3 Å². The predicted octanol–water partition coefficient (Wildman–Crippen LogP) is 2.29. The first-order chi connectivity index (χ1) is 9.03. The van der Waals surface area contributed by atoms with Gasteiger partial charge in [0.15, 0.2) is 11.5 Å². The lowest BCUT2D eigenvalue weighted by Gasteiger charge is -2.17. The van der Waals surface area contributed by atoms with Crippen molar-refractivity contribution in [1.82, 2.24) is 0 Å². The summed E-state index contributed by atoms with van der Waals surface area (Å²) in [6.07, 6.45) is 2.37. The van der Waals surface area contributed by atoms with Gasteiger partial charge in [-0.15, -0.1) is 11.8 Å². The van der Waals surface area contributed by atoms with Crippen molar-refractivity contribution in [2.45, 2.75) is 23.8 Å². The van der Waals surface area contributed by atoms with E-state index in [4.69, 9.17) is 20.3 Å². The number of thioether (sulfide) groups is 1. The van der Waals surface area contributed by atoms with Crippen molar-refractivity contribution in [2.75, 3.05) is 20.5 Å². The van der Waals surface area contributed by atoms with Gasteiger partial charge in [0.2, 0.25) is 0 Å². The molecule has 19 heavy (non-hydrogen) atoms. The molecule has 0 radical (unpaired) electrons. The summed E-state index contributed by atoms with van der Waals surface area (Å²) in [4.78, 5) is 11.5. The van der Waals surface area contributed by atoms with E-state index < -0.39 is 5.97 Å². The number of carbonyl (C=O) groups is 1. The molecule has 1 aromatic rings. The lowest BCUT2D eigenvalue weighted by atomic mass is 10.0. The first-order valence-corrected chi connectivity index (χ1v) is 7.03. The zero-order valence-electron chi connectivity index (χ0n) is 11.3. The number of hydrogen-bond donors (Lipinski definition) is 2. The van der Waals surface area contributed by atoms with Crippen molar-refractivity contribution < 1.29 is 19.4 Å². The van der Waals surface area contributed by atoms with E-state index in [1.165, 1.54) is 11.8 Å². The molecule has 5 nitrogen and oxygen atoms in total. The summed E-state index contributed by atoms with van der Waals surface area (Å²) in [5.41, 5.74) is 6.86. The third-order valence-electron chi connectivity index (χ3n) is 2.78. The van der Waals surface area contributed by atoms with Crippen LogP contribution in [0.25, 0.3) is 0 Å². The van der Waals surface area contributed by atoms with E-state index in [-0.39, 0.29) is 12.5 Å². The van der Waals surface area contributed by atoms with Crippen molar-refractivity contribution in [3.8, 4) is 11.5 Å². The quantitative estimate of drug-likeness (QED) is 0.748. The molecule has 0 aromatic heterocycles. The number of aliphatic carboxylic acids is 1. The van der Waals surface area contributed by atoms with E-state index in [0.29, 0.717) is 17.9 Å². The Bertz CT molecular complexity index is 425. The van der Waals surface area contributed by atoms with Gasteiger partial charge in [-0.3, -0.25) is 4.79 Å². The van der Waals surface area contributed by atoms with Gasteiger partial charge in [0.05, 0.1) is 19.1 Å². The number of carboxylic acids is 1. The maximum absolute atomic E-state index is 10.6. The van der Waals surface area contributed by atoms with Crippen LogP contribution in [0.15, 0.2) is 17.0 Å². The lowest BCUT2D eigenvalue weighted by Crippen LogP contribution is -2.12. The zero-order chi connectivity index (χ0) is 14.4. The molecule has 6 heteroatoms. The topological polar surface area (TPSA) is 81.8 Å². The maximum Gasteiger partial charge on any atom is 0.303 e. The molecule has 0 spiro atoms. The van der Waals surface area contributed by atoms with Gasteiger partial charge in [-0.2, -0.15) is 0 Å². The molecule has 0 aliphatic carbocycles. The van der Waals surface area contributed by atoms with Gasteiger partial charge < -0.3 is 20.3 Å². The molecule has 0 saturated carbocycles. The van der Waals surface area contributed by atoms with Gasteiger partial charge in [-0.25, -0.2) is 0 Å².